The van der Waals surface area contributed by atoms with Gasteiger partial charge in [-0.2, -0.15) is 13.2 Å². The van der Waals surface area contributed by atoms with E-state index in [0.717, 1.165) is 12.1 Å². The average molecular weight is 373 g/mol. The minimum atomic E-state index is -4.48. The van der Waals surface area contributed by atoms with Gasteiger partial charge in [-0.15, -0.1) is 0 Å². The quantitative estimate of drug-likeness (QED) is 0.849. The van der Waals surface area contributed by atoms with Gasteiger partial charge in [0.25, 0.3) is 0 Å². The number of hydrogen-bond donors (Lipinski definition) is 1. The Balaban J connectivity index is 2.18. The summed E-state index contributed by atoms with van der Waals surface area (Å²) in [6.45, 7) is 5.51. The Labute approximate surface area is 149 Å². The molecule has 1 heterocycles. The Kier molecular flexibility index (Phi) is 5.26. The van der Waals surface area contributed by atoms with Crippen molar-refractivity contribution in [3.05, 3.63) is 35.4 Å². The van der Waals surface area contributed by atoms with Gasteiger partial charge < -0.3 is 14.7 Å². The summed E-state index contributed by atoms with van der Waals surface area (Å²) in [7, 11) is 0. The van der Waals surface area contributed by atoms with Crippen molar-refractivity contribution in [3.8, 4) is 0 Å². The molecule has 26 heavy (non-hydrogen) atoms. The molecule has 1 fully saturated rings. The monoisotopic (exact) mass is 373 g/mol. The van der Waals surface area contributed by atoms with Crippen molar-refractivity contribution in [3.63, 3.8) is 0 Å². The number of carbonyl (C=O) groups is 2. The van der Waals surface area contributed by atoms with Gasteiger partial charge in [-0.3, -0.25) is 4.79 Å². The molecule has 0 unspecified atom stereocenters. The summed E-state index contributed by atoms with van der Waals surface area (Å²) < 4.78 is 43.4. The minimum absolute atomic E-state index is 0.104. The average Bonchev–Trinajstić information content (AvgIpc) is 2.52. The van der Waals surface area contributed by atoms with Gasteiger partial charge in [-0.05, 0) is 51.3 Å². The first kappa shape index (κ1) is 20.1. The molecule has 0 atom stereocenters. The van der Waals surface area contributed by atoms with Crippen LogP contribution in [0.4, 0.5) is 18.0 Å². The van der Waals surface area contributed by atoms with Crippen molar-refractivity contribution in [2.75, 3.05) is 13.1 Å². The van der Waals surface area contributed by atoms with E-state index in [1.54, 1.807) is 20.8 Å². The van der Waals surface area contributed by atoms with Crippen LogP contribution < -0.4 is 0 Å². The molecule has 1 aliphatic heterocycles. The second-order valence-corrected chi connectivity index (χ2v) is 7.43. The summed E-state index contributed by atoms with van der Waals surface area (Å²) in [6.07, 6.45) is -4.79. The predicted octanol–water partition coefficient (Wildman–Crippen LogP) is 4.06. The number of nitrogens with zero attached hydrogens (tertiary/aromatic N) is 1. The van der Waals surface area contributed by atoms with Crippen molar-refractivity contribution < 1.29 is 32.6 Å². The summed E-state index contributed by atoms with van der Waals surface area (Å²) in [6, 6.07) is 4.20. The summed E-state index contributed by atoms with van der Waals surface area (Å²) in [5, 5.41) is 9.73. The lowest BCUT2D eigenvalue weighted by Crippen LogP contribution is -2.50. The lowest BCUT2D eigenvalue weighted by atomic mass is 9.72. The van der Waals surface area contributed by atoms with Gasteiger partial charge in [0.2, 0.25) is 0 Å². The van der Waals surface area contributed by atoms with Crippen molar-refractivity contribution in [2.24, 2.45) is 0 Å². The van der Waals surface area contributed by atoms with E-state index in [0.29, 0.717) is 5.56 Å². The van der Waals surface area contributed by atoms with Crippen molar-refractivity contribution in [1.82, 2.24) is 4.90 Å². The first-order chi connectivity index (χ1) is 11.8. The van der Waals surface area contributed by atoms with Crippen LogP contribution in [0.2, 0.25) is 0 Å². The fraction of sp³-hybridized carbons (Fsp3) is 0.556. The number of alkyl halides is 3. The highest BCUT2D eigenvalue weighted by Gasteiger charge is 2.45. The topological polar surface area (TPSA) is 66.8 Å². The molecule has 1 aromatic carbocycles. The molecule has 0 spiro atoms. The molecule has 8 heteroatoms. The summed E-state index contributed by atoms with van der Waals surface area (Å²) in [5.41, 5.74) is -2.50. The summed E-state index contributed by atoms with van der Waals surface area (Å²) in [5.74, 6) is -1.11. The van der Waals surface area contributed by atoms with Crippen LogP contribution >= 0.6 is 0 Å². The van der Waals surface area contributed by atoms with Gasteiger partial charge >= 0.3 is 18.2 Å². The van der Waals surface area contributed by atoms with Gasteiger partial charge in [0.1, 0.15) is 5.60 Å². The van der Waals surface area contributed by atoms with E-state index >= 15 is 0 Å². The number of halogens is 3. The van der Waals surface area contributed by atoms with Crippen molar-refractivity contribution >= 4 is 12.1 Å². The standard InChI is InChI=1S/C18H22F3NO4/c1-16(2,3)26-15(25)22-10-8-17(9-11-22,14(23)24)12-4-6-13(7-5-12)18(19,20)21/h4-7H,8-11H2,1-3H3,(H,23,24). The molecule has 0 bridgehead atoms. The van der Waals surface area contributed by atoms with E-state index in [1.807, 2.05) is 0 Å². The predicted molar refractivity (Wildman–Crippen MR) is 87.8 cm³/mol. The zero-order valence-electron chi connectivity index (χ0n) is 14.9. The van der Waals surface area contributed by atoms with Crippen LogP contribution in [-0.4, -0.2) is 40.8 Å². The highest BCUT2D eigenvalue weighted by Crippen LogP contribution is 2.38. The molecule has 5 nitrogen and oxygen atoms in total. The highest BCUT2D eigenvalue weighted by molar-refractivity contribution is 5.82. The number of benzene rings is 1. The van der Waals surface area contributed by atoms with E-state index in [4.69, 9.17) is 4.74 Å². The summed E-state index contributed by atoms with van der Waals surface area (Å²) >= 11 is 0. The van der Waals surface area contributed by atoms with Gasteiger partial charge in [0, 0.05) is 13.1 Å². The van der Waals surface area contributed by atoms with Crippen LogP contribution in [0.3, 0.4) is 0 Å². The van der Waals surface area contributed by atoms with E-state index in [9.17, 15) is 27.9 Å². The smallest absolute Gasteiger partial charge is 0.416 e. The van der Waals surface area contributed by atoms with Crippen molar-refractivity contribution in [2.45, 2.75) is 50.8 Å². The Morgan fingerprint density at radius 1 is 1.08 bits per heavy atom. The maximum atomic E-state index is 12.7. The van der Waals surface area contributed by atoms with Crippen LogP contribution in [0, 0.1) is 0 Å². The number of rotatable bonds is 2. The zero-order valence-corrected chi connectivity index (χ0v) is 14.9. The first-order valence-corrected chi connectivity index (χ1v) is 8.24. The third kappa shape index (κ3) is 4.28. The fourth-order valence-corrected chi connectivity index (χ4v) is 3.00. The number of hydrogen-bond acceptors (Lipinski definition) is 3. The largest absolute Gasteiger partial charge is 0.481 e. The molecule has 0 radical (unpaired) electrons. The van der Waals surface area contributed by atoms with Crippen LogP contribution in [0.1, 0.15) is 44.7 Å². The third-order valence-corrected chi connectivity index (χ3v) is 4.44. The number of amides is 1. The van der Waals surface area contributed by atoms with E-state index in [2.05, 4.69) is 0 Å². The van der Waals surface area contributed by atoms with Crippen LogP contribution in [0.5, 0.6) is 0 Å². The zero-order chi connectivity index (χ0) is 19.8. The molecule has 2 rings (SSSR count). The van der Waals surface area contributed by atoms with Crippen LogP contribution in [0.15, 0.2) is 24.3 Å². The lowest BCUT2D eigenvalue weighted by Gasteiger charge is -2.39. The molecule has 0 aromatic heterocycles. The maximum Gasteiger partial charge on any atom is 0.416 e. The van der Waals surface area contributed by atoms with Gasteiger partial charge in [0.05, 0.1) is 11.0 Å². The molecule has 144 valence electrons. The number of likely N-dealkylation sites (tertiary alicyclic amines) is 1. The van der Waals surface area contributed by atoms with Gasteiger partial charge in [-0.1, -0.05) is 12.1 Å². The number of aliphatic carboxylic acids is 1. The third-order valence-electron chi connectivity index (χ3n) is 4.44. The first-order valence-electron chi connectivity index (χ1n) is 8.24. The fourth-order valence-electron chi connectivity index (χ4n) is 3.00. The van der Waals surface area contributed by atoms with Crippen LogP contribution in [-0.2, 0) is 21.1 Å². The van der Waals surface area contributed by atoms with E-state index < -0.39 is 34.8 Å². The Hall–Kier alpha value is -2.25. The molecule has 1 saturated heterocycles. The lowest BCUT2D eigenvalue weighted by molar-refractivity contribution is -0.146. The SMILES string of the molecule is CC(C)(C)OC(=O)N1CCC(C(=O)O)(c2ccc(C(F)(F)F)cc2)CC1. The number of carboxylic acid groups (broad SMARTS) is 1. The molecule has 1 aliphatic rings. The maximum absolute atomic E-state index is 12.7. The number of carboxylic acids is 1. The molecular weight excluding hydrogens is 351 g/mol. The second kappa shape index (κ2) is 6.81. The molecule has 0 saturated carbocycles. The Morgan fingerprint density at radius 2 is 1.58 bits per heavy atom. The molecular formula is C18H22F3NO4. The number of carbonyl (C=O) groups excluding carboxylic acids is 1. The van der Waals surface area contributed by atoms with E-state index in [-0.39, 0.29) is 25.9 Å². The second-order valence-electron chi connectivity index (χ2n) is 7.43. The molecule has 1 amide bonds. The van der Waals surface area contributed by atoms with Crippen LogP contribution in [0.25, 0.3) is 0 Å². The molecule has 1 N–H and O–H groups in total. The van der Waals surface area contributed by atoms with Crippen molar-refractivity contribution in [1.29, 1.82) is 0 Å². The van der Waals surface area contributed by atoms with Gasteiger partial charge in [-0.25, -0.2) is 4.79 Å². The number of ether oxygens (including phenoxy) is 1. The summed E-state index contributed by atoms with van der Waals surface area (Å²) in [4.78, 5) is 25.5. The molecule has 0 aliphatic carbocycles. The number of piperidine rings is 1. The minimum Gasteiger partial charge on any atom is -0.481 e. The highest BCUT2D eigenvalue weighted by atomic mass is 19.4. The normalized spacial score (nSPS) is 17.7. The Bertz CT molecular complexity index is 669. The Morgan fingerprint density at radius 3 is 1.96 bits per heavy atom. The van der Waals surface area contributed by atoms with Gasteiger partial charge in [0.15, 0.2) is 0 Å². The molecule has 1 aromatic rings. The van der Waals surface area contributed by atoms with E-state index in [1.165, 1.54) is 17.0 Å².